The summed E-state index contributed by atoms with van der Waals surface area (Å²) >= 11 is 0. The zero-order valence-corrected chi connectivity index (χ0v) is 29.3. The maximum Gasteiger partial charge on any atom is 0.343 e. The Bertz CT molecular complexity index is 1710. The molecule has 1 saturated carbocycles. The van der Waals surface area contributed by atoms with Crippen LogP contribution in [0.3, 0.4) is 0 Å². The van der Waals surface area contributed by atoms with Crippen LogP contribution >= 0.6 is 0 Å². The lowest BCUT2D eigenvalue weighted by atomic mass is 9.59. The number of aryl methyl sites for hydroxylation is 2. The Hall–Kier alpha value is -3.79. The highest BCUT2D eigenvalue weighted by molar-refractivity contribution is 6.01. The van der Waals surface area contributed by atoms with Crippen LogP contribution in [0.25, 0.3) is 22.9 Å². The molecule has 0 aliphatic heterocycles. The zero-order valence-electron chi connectivity index (χ0n) is 29.3. The molecule has 0 amide bonds. The summed E-state index contributed by atoms with van der Waals surface area (Å²) in [5.41, 5.74) is 4.83. The maximum absolute atomic E-state index is 14.5. The quantitative estimate of drug-likeness (QED) is 0.234. The van der Waals surface area contributed by atoms with Crippen molar-refractivity contribution in [1.82, 2.24) is 19.2 Å². The van der Waals surface area contributed by atoms with Gasteiger partial charge in [-0.25, -0.2) is 14.3 Å². The van der Waals surface area contributed by atoms with E-state index in [0.717, 1.165) is 29.8 Å². The van der Waals surface area contributed by atoms with Crippen molar-refractivity contribution < 1.29 is 9.53 Å². The average Bonchev–Trinajstić information content (AvgIpc) is 3.59. The fourth-order valence-corrected chi connectivity index (χ4v) is 7.32. The van der Waals surface area contributed by atoms with Gasteiger partial charge in [0.2, 0.25) is 0 Å². The monoisotopic (exact) mass is 609 g/mol. The molecule has 1 aliphatic rings. The molecule has 5 rings (SSSR count). The number of hydrogen-bond donors (Lipinski definition) is 1. The second kappa shape index (κ2) is 11.2. The van der Waals surface area contributed by atoms with Crippen LogP contribution in [0.4, 0.5) is 0 Å². The SMILES string of the molecule is Cc1ccc(C)n1-c1c(C#N)c(C(=O)OC2C(C(C)(C)C)CC(C)CC2C(C)(C)C)c2nc(-c3ccc(C(C)(C)C)cc3)[nH]n12. The number of aromatic nitrogens is 4. The van der Waals surface area contributed by atoms with Crippen molar-refractivity contribution in [2.24, 2.45) is 28.6 Å². The number of carbonyl (C=O) groups excluding carboxylic acids is 1. The molecule has 0 radical (unpaired) electrons. The van der Waals surface area contributed by atoms with Crippen LogP contribution in [0.5, 0.6) is 0 Å². The fourth-order valence-electron chi connectivity index (χ4n) is 7.32. The fraction of sp³-hybridized carbons (Fsp3) is 0.553. The molecule has 2 unspecified atom stereocenters. The van der Waals surface area contributed by atoms with Gasteiger partial charge in [-0.15, -0.1) is 0 Å². The lowest BCUT2D eigenvalue weighted by Gasteiger charge is -2.50. The Labute approximate surface area is 269 Å². The van der Waals surface area contributed by atoms with E-state index in [0.29, 0.717) is 23.2 Å². The summed E-state index contributed by atoms with van der Waals surface area (Å²) in [5.74, 6) is 1.61. The Morgan fingerprint density at radius 1 is 0.911 bits per heavy atom. The van der Waals surface area contributed by atoms with Gasteiger partial charge < -0.3 is 9.30 Å². The highest BCUT2D eigenvalue weighted by atomic mass is 16.5. The van der Waals surface area contributed by atoms with Crippen molar-refractivity contribution >= 4 is 11.6 Å². The van der Waals surface area contributed by atoms with Crippen LogP contribution in [0.1, 0.15) is 115 Å². The van der Waals surface area contributed by atoms with Gasteiger partial charge in [0.25, 0.3) is 0 Å². The Morgan fingerprint density at radius 3 is 1.91 bits per heavy atom. The molecular weight excluding hydrogens is 558 g/mol. The highest BCUT2D eigenvalue weighted by Gasteiger charge is 2.48. The van der Waals surface area contributed by atoms with Gasteiger partial charge >= 0.3 is 5.97 Å². The molecular formula is C38H51N5O2. The van der Waals surface area contributed by atoms with Gasteiger partial charge in [0.15, 0.2) is 17.3 Å². The molecule has 240 valence electrons. The average molecular weight is 610 g/mol. The summed E-state index contributed by atoms with van der Waals surface area (Å²) in [5, 5.41) is 14.1. The number of H-pyrrole nitrogens is 1. The van der Waals surface area contributed by atoms with Crippen molar-refractivity contribution in [2.45, 2.75) is 107 Å². The molecule has 7 heteroatoms. The van der Waals surface area contributed by atoms with Crippen molar-refractivity contribution in [3.8, 4) is 23.3 Å². The van der Waals surface area contributed by atoms with Crippen LogP contribution < -0.4 is 0 Å². The van der Waals surface area contributed by atoms with E-state index in [1.165, 1.54) is 5.56 Å². The number of aromatic amines is 1. The van der Waals surface area contributed by atoms with Gasteiger partial charge in [0, 0.05) is 28.8 Å². The molecule has 3 aromatic heterocycles. The van der Waals surface area contributed by atoms with Crippen LogP contribution in [0.15, 0.2) is 36.4 Å². The first kappa shape index (κ1) is 32.6. The highest BCUT2D eigenvalue weighted by Crippen LogP contribution is 2.50. The van der Waals surface area contributed by atoms with Gasteiger partial charge in [0.1, 0.15) is 23.3 Å². The maximum atomic E-state index is 14.5. The molecule has 7 nitrogen and oxygen atoms in total. The van der Waals surface area contributed by atoms with E-state index in [4.69, 9.17) is 9.72 Å². The summed E-state index contributed by atoms with van der Waals surface area (Å²) in [4.78, 5) is 19.5. The summed E-state index contributed by atoms with van der Waals surface area (Å²) in [6, 6.07) is 14.7. The smallest absolute Gasteiger partial charge is 0.343 e. The van der Waals surface area contributed by atoms with Crippen molar-refractivity contribution in [1.29, 1.82) is 5.26 Å². The van der Waals surface area contributed by atoms with Crippen molar-refractivity contribution in [2.75, 3.05) is 0 Å². The molecule has 0 saturated heterocycles. The lowest BCUT2D eigenvalue weighted by molar-refractivity contribution is -0.0922. The summed E-state index contributed by atoms with van der Waals surface area (Å²) < 4.78 is 10.4. The first-order valence-electron chi connectivity index (χ1n) is 16.3. The largest absolute Gasteiger partial charge is 0.458 e. The number of nitriles is 1. The molecule has 1 fully saturated rings. The topological polar surface area (TPSA) is 88.1 Å². The van der Waals surface area contributed by atoms with Gasteiger partial charge in [-0.05, 0) is 66.5 Å². The molecule has 4 aromatic rings. The first-order valence-corrected chi connectivity index (χ1v) is 16.3. The molecule has 1 N–H and O–H groups in total. The third-order valence-electron chi connectivity index (χ3n) is 9.95. The Morgan fingerprint density at radius 2 is 1.44 bits per heavy atom. The second-order valence-corrected chi connectivity index (χ2v) is 16.6. The van der Waals surface area contributed by atoms with E-state index in [2.05, 4.69) is 105 Å². The molecule has 3 heterocycles. The first-order chi connectivity index (χ1) is 20.8. The molecule has 0 bridgehead atoms. The van der Waals surface area contributed by atoms with Crippen molar-refractivity contribution in [3.05, 3.63) is 64.5 Å². The number of ether oxygens (including phenoxy) is 1. The number of hydrogen-bond acceptors (Lipinski definition) is 4. The number of carbonyl (C=O) groups is 1. The van der Waals surface area contributed by atoms with Crippen LogP contribution in [0.2, 0.25) is 0 Å². The van der Waals surface area contributed by atoms with Gasteiger partial charge in [-0.3, -0.25) is 5.10 Å². The van der Waals surface area contributed by atoms with Crippen LogP contribution in [-0.2, 0) is 10.2 Å². The minimum atomic E-state index is -0.484. The molecule has 1 aromatic carbocycles. The number of nitrogens with one attached hydrogen (secondary N) is 1. The van der Waals surface area contributed by atoms with Gasteiger partial charge in [0.05, 0.1) is 0 Å². The molecule has 0 spiro atoms. The third-order valence-corrected chi connectivity index (χ3v) is 9.95. The second-order valence-electron chi connectivity index (χ2n) is 16.6. The van der Waals surface area contributed by atoms with E-state index in [1.54, 1.807) is 4.52 Å². The van der Waals surface area contributed by atoms with Crippen molar-refractivity contribution in [3.63, 3.8) is 0 Å². The number of fused-ring (bicyclic) bond motifs is 1. The van der Waals surface area contributed by atoms with E-state index in [-0.39, 0.29) is 45.3 Å². The number of nitrogens with zero attached hydrogens (tertiary/aromatic N) is 4. The normalized spacial score (nSPS) is 21.2. The predicted molar refractivity (Wildman–Crippen MR) is 181 cm³/mol. The Balaban J connectivity index is 1.69. The van der Waals surface area contributed by atoms with Gasteiger partial charge in [-0.1, -0.05) is 93.5 Å². The standard InChI is InChI=1S/C38H51N5O2/c1-22-19-28(37(7,8)9)31(29(20-22)38(10,11)12)45-35(44)30-27(21-39)34(42-23(2)13-14-24(42)3)43-33(30)40-32(41-43)25-15-17-26(18-16-25)36(4,5)6/h13-18,22,28-29,31H,19-20H2,1-12H3,(H,40,41). The minimum Gasteiger partial charge on any atom is -0.458 e. The number of rotatable bonds is 4. The molecule has 45 heavy (non-hydrogen) atoms. The number of benzene rings is 1. The molecule has 1 aliphatic carbocycles. The number of esters is 1. The summed E-state index contributed by atoms with van der Waals surface area (Å²) in [6.45, 7) is 26.3. The van der Waals surface area contributed by atoms with Gasteiger partial charge in [-0.2, -0.15) is 5.26 Å². The van der Waals surface area contributed by atoms with E-state index in [1.807, 2.05) is 30.5 Å². The molecule has 2 atom stereocenters. The van der Waals surface area contributed by atoms with E-state index in [9.17, 15) is 10.1 Å². The van der Waals surface area contributed by atoms with Crippen LogP contribution in [0, 0.1) is 53.8 Å². The van der Waals surface area contributed by atoms with E-state index >= 15 is 0 Å². The lowest BCUT2D eigenvalue weighted by Crippen LogP contribution is -2.49. The Kier molecular flexibility index (Phi) is 8.13. The summed E-state index contributed by atoms with van der Waals surface area (Å²) in [6.07, 6.45) is 1.71. The summed E-state index contributed by atoms with van der Waals surface area (Å²) in [7, 11) is 0. The van der Waals surface area contributed by atoms with E-state index < -0.39 is 5.97 Å². The predicted octanol–water partition coefficient (Wildman–Crippen LogP) is 9.19. The minimum absolute atomic E-state index is 0.0245. The third kappa shape index (κ3) is 5.96. The zero-order chi connectivity index (χ0) is 33.2. The van der Waals surface area contributed by atoms with Crippen LogP contribution in [-0.4, -0.2) is 31.2 Å².